The van der Waals surface area contributed by atoms with Gasteiger partial charge in [-0.1, -0.05) is 24.8 Å². The number of piperazine rings is 1. The van der Waals surface area contributed by atoms with Crippen LogP contribution in [0.5, 0.6) is 0 Å². The van der Waals surface area contributed by atoms with Gasteiger partial charge in [0.1, 0.15) is 0 Å². The zero-order chi connectivity index (χ0) is 20.7. The molecule has 28 heavy (non-hydrogen) atoms. The molecule has 1 aliphatic rings. The summed E-state index contributed by atoms with van der Waals surface area (Å²) in [5.41, 5.74) is 1.20. The van der Waals surface area contributed by atoms with E-state index < -0.39 is 5.92 Å². The third kappa shape index (κ3) is 5.64. The monoisotopic (exact) mass is 387 g/mol. The van der Waals surface area contributed by atoms with E-state index >= 15 is 0 Å². The molecule has 1 aromatic rings. The second-order valence-corrected chi connectivity index (χ2v) is 6.95. The first-order valence-electron chi connectivity index (χ1n) is 9.22. The number of nitrogens with zero attached hydrogens (tertiary/aromatic N) is 4. The Kier molecular flexibility index (Phi) is 7.30. The molecule has 1 unspecified atom stereocenters. The molecule has 0 bridgehead atoms. The molecule has 1 aliphatic heterocycles. The van der Waals surface area contributed by atoms with Gasteiger partial charge in [0.15, 0.2) is 5.84 Å². The minimum Gasteiger partial charge on any atom is -0.353 e. The van der Waals surface area contributed by atoms with Crippen LogP contribution in [-0.4, -0.2) is 48.4 Å². The largest absolute Gasteiger partial charge is 0.353 e. The van der Waals surface area contributed by atoms with Gasteiger partial charge in [0.25, 0.3) is 5.92 Å². The number of aliphatic imine (C=N–C) groups is 1. The van der Waals surface area contributed by atoms with Crippen LogP contribution in [0.2, 0.25) is 0 Å². The van der Waals surface area contributed by atoms with E-state index in [0.717, 1.165) is 20.0 Å². The number of anilines is 1. The number of nitriles is 1. The van der Waals surface area contributed by atoms with Gasteiger partial charge in [-0.2, -0.15) is 5.26 Å². The molecular weight excluding hydrogens is 360 g/mol. The van der Waals surface area contributed by atoms with Crippen molar-refractivity contribution >= 4 is 11.5 Å². The lowest BCUT2D eigenvalue weighted by Crippen LogP contribution is -2.53. The van der Waals surface area contributed by atoms with Gasteiger partial charge in [0.05, 0.1) is 18.2 Å². The highest BCUT2D eigenvalue weighted by molar-refractivity contribution is 6.00. The highest BCUT2D eigenvalue weighted by atomic mass is 19.3. The SMILES string of the molecule is C=C(Nc1ccc(C(C)(F)F)cc1)C(=N/C=C\C)N1CCN(C)C(CC#N)C1. The highest BCUT2D eigenvalue weighted by Gasteiger charge is 2.27. The molecule has 150 valence electrons. The van der Waals surface area contributed by atoms with Crippen LogP contribution in [0.1, 0.15) is 25.8 Å². The smallest absolute Gasteiger partial charge is 0.270 e. The minimum absolute atomic E-state index is 0.0371. The first-order valence-corrected chi connectivity index (χ1v) is 9.22. The van der Waals surface area contributed by atoms with Crippen LogP contribution < -0.4 is 5.32 Å². The van der Waals surface area contributed by atoms with Gasteiger partial charge in [0, 0.05) is 50.1 Å². The predicted molar refractivity (Wildman–Crippen MR) is 109 cm³/mol. The summed E-state index contributed by atoms with van der Waals surface area (Å²) in [6, 6.07) is 8.36. The summed E-state index contributed by atoms with van der Waals surface area (Å²) in [6.45, 7) is 9.09. The molecule has 1 saturated heterocycles. The molecule has 0 saturated carbocycles. The fraction of sp³-hybridized carbons (Fsp3) is 0.429. The lowest BCUT2D eigenvalue weighted by Gasteiger charge is -2.40. The Balaban J connectivity index is 2.17. The minimum atomic E-state index is -2.87. The van der Waals surface area contributed by atoms with E-state index in [0.29, 0.717) is 30.2 Å². The van der Waals surface area contributed by atoms with Crippen molar-refractivity contribution in [2.45, 2.75) is 32.2 Å². The lowest BCUT2D eigenvalue weighted by molar-refractivity contribution is 0.0175. The quantitative estimate of drug-likeness (QED) is 0.588. The van der Waals surface area contributed by atoms with Crippen molar-refractivity contribution in [1.29, 1.82) is 5.26 Å². The van der Waals surface area contributed by atoms with Crippen LogP contribution in [0.3, 0.4) is 0 Å². The molecule has 7 heteroatoms. The van der Waals surface area contributed by atoms with Crippen molar-refractivity contribution in [2.24, 2.45) is 4.99 Å². The van der Waals surface area contributed by atoms with Gasteiger partial charge >= 0.3 is 0 Å². The van der Waals surface area contributed by atoms with E-state index in [9.17, 15) is 8.78 Å². The molecule has 5 nitrogen and oxygen atoms in total. The Labute approximate surface area is 165 Å². The van der Waals surface area contributed by atoms with Gasteiger partial charge in [0.2, 0.25) is 0 Å². The maximum Gasteiger partial charge on any atom is 0.270 e. The van der Waals surface area contributed by atoms with Gasteiger partial charge < -0.3 is 10.2 Å². The van der Waals surface area contributed by atoms with E-state index in [4.69, 9.17) is 5.26 Å². The Morgan fingerprint density at radius 3 is 2.64 bits per heavy atom. The number of hydrogen-bond acceptors (Lipinski definition) is 4. The molecule has 1 heterocycles. The van der Waals surface area contributed by atoms with Crippen molar-refractivity contribution in [2.75, 3.05) is 32.0 Å². The van der Waals surface area contributed by atoms with Crippen molar-refractivity contribution < 1.29 is 8.78 Å². The van der Waals surface area contributed by atoms with Crippen molar-refractivity contribution in [3.63, 3.8) is 0 Å². The third-order valence-electron chi connectivity index (χ3n) is 4.71. The Morgan fingerprint density at radius 2 is 2.07 bits per heavy atom. The summed E-state index contributed by atoms with van der Waals surface area (Å²) in [7, 11) is 2.01. The second kappa shape index (κ2) is 9.47. The third-order valence-corrected chi connectivity index (χ3v) is 4.71. The number of nitrogens with one attached hydrogen (secondary N) is 1. The van der Waals surface area contributed by atoms with E-state index in [1.165, 1.54) is 12.1 Å². The first kappa shape index (κ1) is 21.6. The van der Waals surface area contributed by atoms with Gasteiger partial charge in [-0.05, 0) is 26.1 Å². The fourth-order valence-electron chi connectivity index (χ4n) is 3.04. The summed E-state index contributed by atoms with van der Waals surface area (Å²) in [5.74, 6) is -2.19. The molecule has 2 rings (SSSR count). The summed E-state index contributed by atoms with van der Waals surface area (Å²) >= 11 is 0. The number of likely N-dealkylation sites (N-methyl/N-ethyl adjacent to an activating group) is 1. The molecule has 0 aliphatic carbocycles. The number of alkyl halides is 2. The van der Waals surface area contributed by atoms with Crippen LogP contribution in [0.15, 0.2) is 53.8 Å². The molecule has 0 aromatic heterocycles. The molecular formula is C21H27F2N5. The Morgan fingerprint density at radius 1 is 1.39 bits per heavy atom. The van der Waals surface area contributed by atoms with Crippen LogP contribution >= 0.6 is 0 Å². The molecule has 1 N–H and O–H groups in total. The lowest BCUT2D eigenvalue weighted by atomic mass is 10.1. The summed E-state index contributed by atoms with van der Waals surface area (Å²) in [4.78, 5) is 8.79. The Bertz CT molecular complexity index is 771. The zero-order valence-corrected chi connectivity index (χ0v) is 16.6. The molecule has 0 radical (unpaired) electrons. The molecule has 1 fully saturated rings. The topological polar surface area (TPSA) is 54.7 Å². The van der Waals surface area contributed by atoms with E-state index in [1.54, 1.807) is 18.3 Å². The standard InChI is InChI=1S/C21H27F2N5/c1-5-12-25-20(28-14-13-27(4)19(15-28)10-11-24)16(2)26-18-8-6-17(7-9-18)21(3,22)23/h5-9,12,19,26H,2,10,13-15H2,1,3-4H3/b12-5-,25-20?. The second-order valence-electron chi connectivity index (χ2n) is 6.95. The fourth-order valence-corrected chi connectivity index (χ4v) is 3.04. The average Bonchev–Trinajstić information content (AvgIpc) is 2.64. The van der Waals surface area contributed by atoms with Gasteiger partial charge in [-0.3, -0.25) is 4.90 Å². The van der Waals surface area contributed by atoms with Crippen LogP contribution in [0, 0.1) is 11.3 Å². The normalized spacial score (nSPS) is 18.9. The molecule has 1 aromatic carbocycles. The summed E-state index contributed by atoms with van der Waals surface area (Å²) < 4.78 is 26.8. The van der Waals surface area contributed by atoms with Crippen LogP contribution in [0.4, 0.5) is 14.5 Å². The average molecular weight is 387 g/mol. The molecule has 0 amide bonds. The maximum atomic E-state index is 13.4. The summed E-state index contributed by atoms with van der Waals surface area (Å²) in [6.07, 6.45) is 3.96. The maximum absolute atomic E-state index is 13.4. The number of amidine groups is 1. The number of hydrogen-bond donors (Lipinski definition) is 1. The number of halogens is 2. The number of allylic oxidation sites excluding steroid dienone is 1. The summed E-state index contributed by atoms with van der Waals surface area (Å²) in [5, 5.41) is 12.2. The Hall–Kier alpha value is -2.72. The number of benzene rings is 1. The van der Waals surface area contributed by atoms with Crippen molar-refractivity contribution in [1.82, 2.24) is 9.80 Å². The molecule has 0 spiro atoms. The van der Waals surface area contributed by atoms with E-state index in [2.05, 4.69) is 32.8 Å². The molecule has 1 atom stereocenters. The number of rotatable bonds is 6. The first-order chi connectivity index (χ1) is 13.3. The highest BCUT2D eigenvalue weighted by Crippen LogP contribution is 2.28. The van der Waals surface area contributed by atoms with Gasteiger partial charge in [-0.25, -0.2) is 13.8 Å². The van der Waals surface area contributed by atoms with E-state index in [-0.39, 0.29) is 11.6 Å². The predicted octanol–water partition coefficient (Wildman–Crippen LogP) is 4.19. The van der Waals surface area contributed by atoms with Crippen molar-refractivity contribution in [3.8, 4) is 6.07 Å². The van der Waals surface area contributed by atoms with E-state index in [1.807, 2.05) is 20.0 Å². The van der Waals surface area contributed by atoms with Crippen LogP contribution in [-0.2, 0) is 5.92 Å². The van der Waals surface area contributed by atoms with Gasteiger partial charge in [-0.15, -0.1) is 0 Å². The zero-order valence-electron chi connectivity index (χ0n) is 16.6. The van der Waals surface area contributed by atoms with Crippen LogP contribution in [0.25, 0.3) is 0 Å². The van der Waals surface area contributed by atoms with Crippen molar-refractivity contribution in [3.05, 3.63) is 54.4 Å².